The number of ether oxygens (including phenoxy) is 1. The van der Waals surface area contributed by atoms with Crippen LogP contribution >= 0.6 is 11.8 Å². The maximum atomic E-state index is 5.05. The number of rotatable bonds is 7. The van der Waals surface area contributed by atoms with E-state index in [2.05, 4.69) is 39.0 Å². The molecule has 0 atom stereocenters. The molecule has 0 unspecified atom stereocenters. The van der Waals surface area contributed by atoms with Gasteiger partial charge in [-0.2, -0.15) is 0 Å². The van der Waals surface area contributed by atoms with Crippen molar-refractivity contribution in [3.05, 3.63) is 42.2 Å². The van der Waals surface area contributed by atoms with Gasteiger partial charge < -0.3 is 9.30 Å². The second-order valence-electron chi connectivity index (χ2n) is 3.93. The fourth-order valence-corrected chi connectivity index (χ4v) is 2.51. The summed E-state index contributed by atoms with van der Waals surface area (Å²) in [4.78, 5) is 0. The summed E-state index contributed by atoms with van der Waals surface area (Å²) >= 11 is 1.71. The first-order chi connectivity index (χ1) is 8.90. The average Bonchev–Trinajstić information content (AvgIpc) is 2.86. The van der Waals surface area contributed by atoms with Crippen molar-refractivity contribution in [2.24, 2.45) is 0 Å². The molecule has 5 heteroatoms. The van der Waals surface area contributed by atoms with Crippen molar-refractivity contribution in [3.63, 3.8) is 0 Å². The standard InChI is InChI=1S/C13H17N3OS/c1-17-9-5-8-16-11-14-15-13(16)18-10-12-6-3-2-4-7-12/h2-4,6-7,11H,5,8-10H2,1H3. The Labute approximate surface area is 111 Å². The molecule has 0 aliphatic rings. The Balaban J connectivity index is 1.87. The molecular formula is C13H17N3OS. The second kappa shape index (κ2) is 7.18. The molecule has 0 fully saturated rings. The summed E-state index contributed by atoms with van der Waals surface area (Å²) in [7, 11) is 1.72. The van der Waals surface area contributed by atoms with Crippen molar-refractivity contribution in [1.82, 2.24) is 14.8 Å². The summed E-state index contributed by atoms with van der Waals surface area (Å²) in [6.45, 7) is 1.67. The first kappa shape index (κ1) is 13.1. The molecule has 0 spiro atoms. The lowest BCUT2D eigenvalue weighted by molar-refractivity contribution is 0.189. The molecule has 18 heavy (non-hydrogen) atoms. The molecule has 0 aliphatic carbocycles. The highest BCUT2D eigenvalue weighted by Gasteiger charge is 2.04. The topological polar surface area (TPSA) is 39.9 Å². The molecular weight excluding hydrogens is 246 g/mol. The SMILES string of the molecule is COCCCn1cnnc1SCc1ccccc1. The number of hydrogen-bond donors (Lipinski definition) is 0. The highest BCUT2D eigenvalue weighted by atomic mass is 32.2. The van der Waals surface area contributed by atoms with E-state index in [4.69, 9.17) is 4.74 Å². The van der Waals surface area contributed by atoms with E-state index in [0.29, 0.717) is 0 Å². The maximum Gasteiger partial charge on any atom is 0.191 e. The number of nitrogens with zero attached hydrogens (tertiary/aromatic N) is 3. The second-order valence-corrected chi connectivity index (χ2v) is 4.87. The number of aryl methyl sites for hydroxylation is 1. The van der Waals surface area contributed by atoms with Gasteiger partial charge in [0.25, 0.3) is 0 Å². The smallest absolute Gasteiger partial charge is 0.191 e. The van der Waals surface area contributed by atoms with Gasteiger partial charge in [0.1, 0.15) is 6.33 Å². The predicted octanol–water partition coefficient (Wildman–Crippen LogP) is 2.61. The summed E-state index contributed by atoms with van der Waals surface area (Å²) in [5, 5.41) is 9.08. The van der Waals surface area contributed by atoms with Gasteiger partial charge in [0, 0.05) is 26.0 Å². The Bertz CT molecular complexity index is 458. The zero-order valence-electron chi connectivity index (χ0n) is 10.5. The van der Waals surface area contributed by atoms with E-state index < -0.39 is 0 Å². The Morgan fingerprint density at radius 1 is 1.28 bits per heavy atom. The van der Waals surface area contributed by atoms with Gasteiger partial charge in [0.05, 0.1) is 0 Å². The van der Waals surface area contributed by atoms with Crippen LogP contribution in [0.5, 0.6) is 0 Å². The van der Waals surface area contributed by atoms with E-state index >= 15 is 0 Å². The van der Waals surface area contributed by atoms with Crippen LogP contribution in [0.2, 0.25) is 0 Å². The van der Waals surface area contributed by atoms with Crippen molar-refractivity contribution in [2.45, 2.75) is 23.9 Å². The third-order valence-corrected chi connectivity index (χ3v) is 3.59. The molecule has 2 rings (SSSR count). The molecule has 1 heterocycles. The molecule has 0 amide bonds. The van der Waals surface area contributed by atoms with E-state index in [0.717, 1.165) is 30.5 Å². The number of methoxy groups -OCH3 is 1. The Kier molecular flexibility index (Phi) is 5.23. The van der Waals surface area contributed by atoms with Gasteiger partial charge in [0.15, 0.2) is 5.16 Å². The summed E-state index contributed by atoms with van der Waals surface area (Å²) in [5.41, 5.74) is 1.30. The Morgan fingerprint density at radius 2 is 2.11 bits per heavy atom. The molecule has 0 bridgehead atoms. The van der Waals surface area contributed by atoms with E-state index in [1.54, 1.807) is 25.2 Å². The minimum absolute atomic E-state index is 0.765. The van der Waals surface area contributed by atoms with Crippen molar-refractivity contribution < 1.29 is 4.74 Å². The van der Waals surface area contributed by atoms with Crippen LogP contribution in [0.3, 0.4) is 0 Å². The largest absolute Gasteiger partial charge is 0.385 e. The number of aromatic nitrogens is 3. The summed E-state index contributed by atoms with van der Waals surface area (Å²) < 4.78 is 7.12. The van der Waals surface area contributed by atoms with Gasteiger partial charge in [-0.3, -0.25) is 0 Å². The van der Waals surface area contributed by atoms with Crippen LogP contribution in [0.1, 0.15) is 12.0 Å². The van der Waals surface area contributed by atoms with E-state index in [-0.39, 0.29) is 0 Å². The van der Waals surface area contributed by atoms with Crippen molar-refractivity contribution >= 4 is 11.8 Å². The predicted molar refractivity (Wildman–Crippen MR) is 72.5 cm³/mol. The van der Waals surface area contributed by atoms with Gasteiger partial charge >= 0.3 is 0 Å². The molecule has 96 valence electrons. The molecule has 4 nitrogen and oxygen atoms in total. The van der Waals surface area contributed by atoms with Gasteiger partial charge in [-0.15, -0.1) is 10.2 Å². The van der Waals surface area contributed by atoms with Crippen LogP contribution in [0.4, 0.5) is 0 Å². The maximum absolute atomic E-state index is 5.05. The molecule has 1 aromatic carbocycles. The van der Waals surface area contributed by atoms with Crippen LogP contribution in [0.25, 0.3) is 0 Å². The summed E-state index contributed by atoms with van der Waals surface area (Å²) in [6.07, 6.45) is 2.76. The molecule has 2 aromatic rings. The molecule has 0 saturated carbocycles. The molecule has 1 aromatic heterocycles. The first-order valence-corrected chi connectivity index (χ1v) is 6.92. The fraction of sp³-hybridized carbons (Fsp3) is 0.385. The Morgan fingerprint density at radius 3 is 2.89 bits per heavy atom. The van der Waals surface area contributed by atoms with Crippen LogP contribution in [-0.2, 0) is 17.0 Å². The molecule has 0 radical (unpaired) electrons. The number of benzene rings is 1. The minimum atomic E-state index is 0.765. The zero-order chi connectivity index (χ0) is 12.6. The van der Waals surface area contributed by atoms with Crippen LogP contribution < -0.4 is 0 Å². The lowest BCUT2D eigenvalue weighted by Gasteiger charge is -2.05. The summed E-state index contributed by atoms with van der Waals surface area (Å²) in [5.74, 6) is 0.920. The van der Waals surface area contributed by atoms with Gasteiger partial charge in [-0.1, -0.05) is 42.1 Å². The third kappa shape index (κ3) is 3.85. The Hall–Kier alpha value is -1.33. The zero-order valence-corrected chi connectivity index (χ0v) is 11.3. The third-order valence-electron chi connectivity index (χ3n) is 2.54. The van der Waals surface area contributed by atoms with Crippen molar-refractivity contribution in [2.75, 3.05) is 13.7 Å². The van der Waals surface area contributed by atoms with E-state index in [1.165, 1.54) is 5.56 Å². The fourth-order valence-electron chi connectivity index (χ4n) is 1.61. The lowest BCUT2D eigenvalue weighted by atomic mass is 10.2. The average molecular weight is 263 g/mol. The number of hydrogen-bond acceptors (Lipinski definition) is 4. The minimum Gasteiger partial charge on any atom is -0.385 e. The normalized spacial score (nSPS) is 10.7. The lowest BCUT2D eigenvalue weighted by Crippen LogP contribution is -2.02. The van der Waals surface area contributed by atoms with Crippen LogP contribution in [-0.4, -0.2) is 28.5 Å². The molecule has 0 N–H and O–H groups in total. The molecule has 0 saturated heterocycles. The van der Waals surface area contributed by atoms with Crippen LogP contribution in [0.15, 0.2) is 41.8 Å². The van der Waals surface area contributed by atoms with Crippen molar-refractivity contribution in [1.29, 1.82) is 0 Å². The van der Waals surface area contributed by atoms with Crippen LogP contribution in [0, 0.1) is 0 Å². The highest BCUT2D eigenvalue weighted by molar-refractivity contribution is 7.98. The van der Waals surface area contributed by atoms with Gasteiger partial charge in [-0.25, -0.2) is 0 Å². The highest BCUT2D eigenvalue weighted by Crippen LogP contribution is 2.20. The monoisotopic (exact) mass is 263 g/mol. The van der Waals surface area contributed by atoms with E-state index in [9.17, 15) is 0 Å². The first-order valence-electron chi connectivity index (χ1n) is 5.93. The number of thioether (sulfide) groups is 1. The van der Waals surface area contributed by atoms with Crippen molar-refractivity contribution in [3.8, 4) is 0 Å². The molecule has 0 aliphatic heterocycles. The van der Waals surface area contributed by atoms with Gasteiger partial charge in [0.2, 0.25) is 0 Å². The van der Waals surface area contributed by atoms with E-state index in [1.807, 2.05) is 6.07 Å². The van der Waals surface area contributed by atoms with Gasteiger partial charge in [-0.05, 0) is 12.0 Å². The summed E-state index contributed by atoms with van der Waals surface area (Å²) in [6, 6.07) is 10.4. The quantitative estimate of drug-likeness (QED) is 0.568.